The minimum atomic E-state index is -0.980. The molecule has 1 heterocycles. The van der Waals surface area contributed by atoms with Crippen molar-refractivity contribution >= 4 is 5.69 Å². The summed E-state index contributed by atoms with van der Waals surface area (Å²) in [4.78, 5) is 0. The fourth-order valence-electron chi connectivity index (χ4n) is 2.97. The second kappa shape index (κ2) is 5.19. The lowest BCUT2D eigenvalue weighted by Gasteiger charge is -2.44. The SMILES string of the molecule is COc1cc(C2(C)C(O)Nc3ccccc3C2O)ccc1O. The number of ether oxygens (including phenoxy) is 1. The highest BCUT2D eigenvalue weighted by Crippen LogP contribution is 2.47. The molecule has 2 aromatic rings. The molecule has 0 radical (unpaired) electrons. The van der Waals surface area contributed by atoms with Gasteiger partial charge in [-0.25, -0.2) is 0 Å². The third-order valence-electron chi connectivity index (χ3n) is 4.49. The Balaban J connectivity index is 2.12. The van der Waals surface area contributed by atoms with Gasteiger partial charge >= 0.3 is 0 Å². The second-order valence-electron chi connectivity index (χ2n) is 5.71. The van der Waals surface area contributed by atoms with Crippen LogP contribution in [-0.4, -0.2) is 28.7 Å². The molecule has 0 saturated carbocycles. The molecule has 3 atom stereocenters. The van der Waals surface area contributed by atoms with Crippen LogP contribution in [0.2, 0.25) is 0 Å². The predicted molar refractivity (Wildman–Crippen MR) is 83.0 cm³/mol. The van der Waals surface area contributed by atoms with E-state index in [-0.39, 0.29) is 5.75 Å². The third-order valence-corrected chi connectivity index (χ3v) is 4.49. The normalized spacial score (nSPS) is 26.9. The van der Waals surface area contributed by atoms with Gasteiger partial charge in [-0.3, -0.25) is 0 Å². The topological polar surface area (TPSA) is 82.0 Å². The number of phenolic OH excluding ortho intramolecular Hbond substituents is 1. The van der Waals surface area contributed by atoms with Gasteiger partial charge in [0.2, 0.25) is 0 Å². The summed E-state index contributed by atoms with van der Waals surface area (Å²) < 4.78 is 5.13. The molecule has 1 aliphatic heterocycles. The van der Waals surface area contributed by atoms with Crippen molar-refractivity contribution in [1.82, 2.24) is 0 Å². The summed E-state index contributed by atoms with van der Waals surface area (Å²) in [5.41, 5.74) is 1.13. The van der Waals surface area contributed by atoms with E-state index in [0.29, 0.717) is 17.0 Å². The Morgan fingerprint density at radius 3 is 2.59 bits per heavy atom. The molecule has 0 saturated heterocycles. The van der Waals surface area contributed by atoms with Gasteiger partial charge in [0.1, 0.15) is 6.23 Å². The van der Waals surface area contributed by atoms with Gasteiger partial charge in [0.15, 0.2) is 11.5 Å². The minimum absolute atomic E-state index is 0.0167. The molecule has 0 bridgehead atoms. The molecule has 3 unspecified atom stereocenters. The lowest BCUT2D eigenvalue weighted by molar-refractivity contribution is -0.00163. The summed E-state index contributed by atoms with van der Waals surface area (Å²) in [6.07, 6.45) is -1.87. The van der Waals surface area contributed by atoms with Crippen molar-refractivity contribution in [3.8, 4) is 11.5 Å². The number of fused-ring (bicyclic) bond motifs is 1. The van der Waals surface area contributed by atoms with E-state index in [0.717, 1.165) is 5.56 Å². The zero-order valence-corrected chi connectivity index (χ0v) is 12.4. The summed E-state index contributed by atoms with van der Waals surface area (Å²) in [6, 6.07) is 12.2. The summed E-state index contributed by atoms with van der Waals surface area (Å²) >= 11 is 0. The standard InChI is InChI=1S/C17H19NO4/c1-17(10-7-8-13(19)14(9-10)22-2)15(20)11-5-3-4-6-12(11)18-16(17)21/h3-9,15-16,18-21H,1-2H3. The van der Waals surface area contributed by atoms with Gasteiger partial charge in [-0.15, -0.1) is 0 Å². The largest absolute Gasteiger partial charge is 0.504 e. The predicted octanol–water partition coefficient (Wildman–Crippen LogP) is 2.14. The molecule has 0 aromatic heterocycles. The number of rotatable bonds is 2. The van der Waals surface area contributed by atoms with Crippen molar-refractivity contribution in [2.75, 3.05) is 12.4 Å². The third kappa shape index (κ3) is 2.01. The van der Waals surface area contributed by atoms with Gasteiger partial charge in [-0.05, 0) is 30.7 Å². The van der Waals surface area contributed by atoms with Gasteiger partial charge in [0.25, 0.3) is 0 Å². The van der Waals surface area contributed by atoms with Crippen LogP contribution in [0.3, 0.4) is 0 Å². The Morgan fingerprint density at radius 1 is 1.14 bits per heavy atom. The van der Waals surface area contributed by atoms with Gasteiger partial charge < -0.3 is 25.4 Å². The monoisotopic (exact) mass is 301 g/mol. The fraction of sp³-hybridized carbons (Fsp3) is 0.294. The quantitative estimate of drug-likeness (QED) is 0.683. The van der Waals surface area contributed by atoms with Crippen LogP contribution in [-0.2, 0) is 5.41 Å². The summed E-state index contributed by atoms with van der Waals surface area (Å²) in [5, 5.41) is 34.2. The molecule has 1 aliphatic rings. The van der Waals surface area contributed by atoms with Crippen molar-refractivity contribution in [2.45, 2.75) is 24.7 Å². The Morgan fingerprint density at radius 2 is 1.86 bits per heavy atom. The summed E-state index contributed by atoms with van der Waals surface area (Å²) in [6.45, 7) is 1.77. The molecule has 0 fully saturated rings. The lowest BCUT2D eigenvalue weighted by atomic mass is 9.71. The first-order valence-corrected chi connectivity index (χ1v) is 7.07. The van der Waals surface area contributed by atoms with E-state index >= 15 is 0 Å². The molecule has 4 N–H and O–H groups in total. The zero-order chi connectivity index (χ0) is 15.9. The molecule has 22 heavy (non-hydrogen) atoms. The van der Waals surface area contributed by atoms with Crippen molar-refractivity contribution in [1.29, 1.82) is 0 Å². The van der Waals surface area contributed by atoms with E-state index in [2.05, 4.69) is 5.32 Å². The maximum atomic E-state index is 10.8. The number of phenols is 1. The van der Waals surface area contributed by atoms with Gasteiger partial charge in [-0.1, -0.05) is 24.3 Å². The van der Waals surface area contributed by atoms with Crippen LogP contribution in [0.4, 0.5) is 5.69 Å². The number of nitrogens with one attached hydrogen (secondary N) is 1. The number of aliphatic hydroxyl groups is 2. The Hall–Kier alpha value is -2.24. The van der Waals surface area contributed by atoms with Crippen LogP contribution in [0.25, 0.3) is 0 Å². The Labute approximate surface area is 128 Å². The van der Waals surface area contributed by atoms with E-state index in [1.165, 1.54) is 13.2 Å². The highest BCUT2D eigenvalue weighted by Gasteiger charge is 2.47. The van der Waals surface area contributed by atoms with Crippen LogP contribution >= 0.6 is 0 Å². The van der Waals surface area contributed by atoms with Crippen molar-refractivity contribution in [3.05, 3.63) is 53.6 Å². The van der Waals surface area contributed by atoms with E-state index in [9.17, 15) is 15.3 Å². The molecule has 3 rings (SSSR count). The van der Waals surface area contributed by atoms with Gasteiger partial charge in [0.05, 0.1) is 18.6 Å². The fourth-order valence-corrected chi connectivity index (χ4v) is 2.97. The van der Waals surface area contributed by atoms with Crippen LogP contribution < -0.4 is 10.1 Å². The number of anilines is 1. The number of methoxy groups -OCH3 is 1. The van der Waals surface area contributed by atoms with E-state index in [1.807, 2.05) is 24.3 Å². The van der Waals surface area contributed by atoms with E-state index < -0.39 is 17.7 Å². The maximum Gasteiger partial charge on any atom is 0.160 e. The molecular formula is C17H19NO4. The Bertz CT molecular complexity index is 703. The highest BCUT2D eigenvalue weighted by molar-refractivity contribution is 5.59. The first kappa shape index (κ1) is 14.7. The molecule has 0 aliphatic carbocycles. The number of benzene rings is 2. The maximum absolute atomic E-state index is 10.8. The number of hydrogen-bond acceptors (Lipinski definition) is 5. The van der Waals surface area contributed by atoms with Crippen LogP contribution in [0, 0.1) is 0 Å². The van der Waals surface area contributed by atoms with Crippen LogP contribution in [0.15, 0.2) is 42.5 Å². The molecular weight excluding hydrogens is 282 g/mol. The number of hydrogen-bond donors (Lipinski definition) is 4. The summed E-state index contributed by atoms with van der Waals surface area (Å²) in [7, 11) is 1.46. The van der Waals surface area contributed by atoms with Crippen LogP contribution in [0.5, 0.6) is 11.5 Å². The molecule has 2 aromatic carbocycles. The number of aliphatic hydroxyl groups excluding tert-OH is 2. The molecule has 0 amide bonds. The van der Waals surface area contributed by atoms with E-state index in [4.69, 9.17) is 4.74 Å². The van der Waals surface area contributed by atoms with Gasteiger partial charge in [-0.2, -0.15) is 0 Å². The molecule has 5 heteroatoms. The second-order valence-corrected chi connectivity index (χ2v) is 5.71. The molecule has 116 valence electrons. The van der Waals surface area contributed by atoms with Crippen LogP contribution in [0.1, 0.15) is 24.2 Å². The highest BCUT2D eigenvalue weighted by atomic mass is 16.5. The first-order valence-electron chi connectivity index (χ1n) is 7.07. The van der Waals surface area contributed by atoms with Crippen molar-refractivity contribution in [3.63, 3.8) is 0 Å². The zero-order valence-electron chi connectivity index (χ0n) is 12.4. The minimum Gasteiger partial charge on any atom is -0.504 e. The average molecular weight is 301 g/mol. The summed E-state index contributed by atoms with van der Waals surface area (Å²) in [5.74, 6) is 0.319. The number of para-hydroxylation sites is 1. The Kier molecular flexibility index (Phi) is 3.47. The number of aromatic hydroxyl groups is 1. The smallest absolute Gasteiger partial charge is 0.160 e. The lowest BCUT2D eigenvalue weighted by Crippen LogP contribution is -2.49. The van der Waals surface area contributed by atoms with Gasteiger partial charge in [0, 0.05) is 11.3 Å². The molecule has 0 spiro atoms. The average Bonchev–Trinajstić information content (AvgIpc) is 2.53. The van der Waals surface area contributed by atoms with Crippen molar-refractivity contribution in [2.24, 2.45) is 0 Å². The first-order chi connectivity index (χ1) is 10.5. The molecule has 5 nitrogen and oxygen atoms in total. The van der Waals surface area contributed by atoms with E-state index in [1.54, 1.807) is 19.1 Å². The van der Waals surface area contributed by atoms with Crippen molar-refractivity contribution < 1.29 is 20.1 Å².